The Morgan fingerprint density at radius 3 is 2.53 bits per heavy atom. The lowest BCUT2D eigenvalue weighted by Gasteiger charge is -2.51. The summed E-state index contributed by atoms with van der Waals surface area (Å²) < 4.78 is 5.95. The van der Waals surface area contributed by atoms with Gasteiger partial charge in [-0.3, -0.25) is 4.90 Å². The molecule has 0 aromatic heterocycles. The van der Waals surface area contributed by atoms with Gasteiger partial charge >= 0.3 is 0 Å². The molecule has 0 aromatic rings. The van der Waals surface area contributed by atoms with Crippen LogP contribution in [0.4, 0.5) is 0 Å². The molecular formula is C16H32N2O. The molecule has 0 aromatic carbocycles. The van der Waals surface area contributed by atoms with Gasteiger partial charge in [0, 0.05) is 24.7 Å². The van der Waals surface area contributed by atoms with Crippen LogP contribution in [0.2, 0.25) is 0 Å². The van der Waals surface area contributed by atoms with Gasteiger partial charge in [0.15, 0.2) is 0 Å². The van der Waals surface area contributed by atoms with E-state index in [0.29, 0.717) is 12.0 Å². The fraction of sp³-hybridized carbons (Fsp3) is 1.00. The van der Waals surface area contributed by atoms with E-state index in [4.69, 9.17) is 10.5 Å². The fourth-order valence-electron chi connectivity index (χ4n) is 3.87. The van der Waals surface area contributed by atoms with Crippen molar-refractivity contribution in [2.45, 2.75) is 76.5 Å². The lowest BCUT2D eigenvalue weighted by Crippen LogP contribution is -2.60. The summed E-state index contributed by atoms with van der Waals surface area (Å²) in [5, 5.41) is 0. The van der Waals surface area contributed by atoms with E-state index in [0.717, 1.165) is 32.0 Å². The number of nitrogens with zero attached hydrogens (tertiary/aromatic N) is 1. The van der Waals surface area contributed by atoms with Crippen molar-refractivity contribution in [3.05, 3.63) is 0 Å². The number of likely N-dealkylation sites (N-methyl/N-ethyl adjacent to an activating group) is 1. The van der Waals surface area contributed by atoms with Gasteiger partial charge in [0.2, 0.25) is 0 Å². The van der Waals surface area contributed by atoms with E-state index in [1.165, 1.54) is 32.1 Å². The zero-order valence-electron chi connectivity index (χ0n) is 13.0. The van der Waals surface area contributed by atoms with Crippen LogP contribution in [0.25, 0.3) is 0 Å². The van der Waals surface area contributed by atoms with Crippen LogP contribution in [0.3, 0.4) is 0 Å². The number of hydrogen-bond donors (Lipinski definition) is 1. The first-order chi connectivity index (χ1) is 9.09. The zero-order chi connectivity index (χ0) is 13.9. The Balaban J connectivity index is 2.07. The summed E-state index contributed by atoms with van der Waals surface area (Å²) >= 11 is 0. The van der Waals surface area contributed by atoms with E-state index in [-0.39, 0.29) is 5.54 Å². The maximum absolute atomic E-state index is 6.21. The molecule has 112 valence electrons. The highest BCUT2D eigenvalue weighted by molar-refractivity contribution is 4.98. The molecule has 3 nitrogen and oxygen atoms in total. The molecular weight excluding hydrogens is 236 g/mol. The van der Waals surface area contributed by atoms with Crippen LogP contribution in [0.5, 0.6) is 0 Å². The molecule has 2 fully saturated rings. The van der Waals surface area contributed by atoms with Crippen molar-refractivity contribution in [2.75, 3.05) is 20.2 Å². The summed E-state index contributed by atoms with van der Waals surface area (Å²) in [5.41, 5.74) is 6.39. The first kappa shape index (κ1) is 15.3. The lowest BCUT2D eigenvalue weighted by molar-refractivity contribution is -0.0937. The average Bonchev–Trinajstić information content (AvgIpc) is 2.47. The molecule has 2 rings (SSSR count). The van der Waals surface area contributed by atoms with E-state index < -0.39 is 0 Å². The highest BCUT2D eigenvalue weighted by Gasteiger charge is 2.42. The monoisotopic (exact) mass is 268 g/mol. The Morgan fingerprint density at radius 1 is 1.26 bits per heavy atom. The van der Waals surface area contributed by atoms with Gasteiger partial charge in [0.05, 0.1) is 6.10 Å². The van der Waals surface area contributed by atoms with Gasteiger partial charge in [0.1, 0.15) is 0 Å². The molecule has 1 saturated carbocycles. The molecule has 2 unspecified atom stereocenters. The fourth-order valence-corrected chi connectivity index (χ4v) is 3.87. The summed E-state index contributed by atoms with van der Waals surface area (Å²) in [4.78, 5) is 2.63. The topological polar surface area (TPSA) is 38.5 Å². The van der Waals surface area contributed by atoms with Crippen molar-refractivity contribution in [3.8, 4) is 0 Å². The van der Waals surface area contributed by atoms with Crippen LogP contribution in [0.15, 0.2) is 0 Å². The molecule has 0 spiro atoms. The van der Waals surface area contributed by atoms with Gasteiger partial charge in [-0.25, -0.2) is 0 Å². The second-order valence-electron chi connectivity index (χ2n) is 6.94. The largest absolute Gasteiger partial charge is 0.378 e. The van der Waals surface area contributed by atoms with Gasteiger partial charge in [-0.1, -0.05) is 33.1 Å². The lowest BCUT2D eigenvalue weighted by atomic mass is 9.79. The summed E-state index contributed by atoms with van der Waals surface area (Å²) in [6, 6.07) is 0.739. The summed E-state index contributed by atoms with van der Waals surface area (Å²) in [5.74, 6) is 0.589. The standard InChI is InChI=1S/C16H32N2O/c1-13(2)15-11-16(12-17,9-10-19-15)18(3)14-7-5-4-6-8-14/h13-15H,4-12,17H2,1-3H3. The molecule has 3 heteroatoms. The van der Waals surface area contributed by atoms with Crippen molar-refractivity contribution >= 4 is 0 Å². The van der Waals surface area contributed by atoms with Crippen LogP contribution in [-0.2, 0) is 4.74 Å². The number of hydrogen-bond acceptors (Lipinski definition) is 3. The van der Waals surface area contributed by atoms with Gasteiger partial charge < -0.3 is 10.5 Å². The Hall–Kier alpha value is -0.120. The smallest absolute Gasteiger partial charge is 0.0616 e. The van der Waals surface area contributed by atoms with Gasteiger partial charge in [-0.15, -0.1) is 0 Å². The summed E-state index contributed by atoms with van der Waals surface area (Å²) in [7, 11) is 2.31. The van der Waals surface area contributed by atoms with Crippen molar-refractivity contribution in [1.82, 2.24) is 4.90 Å². The van der Waals surface area contributed by atoms with E-state index in [9.17, 15) is 0 Å². The van der Waals surface area contributed by atoms with Crippen molar-refractivity contribution in [1.29, 1.82) is 0 Å². The minimum atomic E-state index is 0.176. The molecule has 2 aliphatic rings. The quantitative estimate of drug-likeness (QED) is 0.852. The maximum Gasteiger partial charge on any atom is 0.0616 e. The molecule has 0 bridgehead atoms. The first-order valence-electron chi connectivity index (χ1n) is 8.14. The molecule has 0 amide bonds. The normalized spacial score (nSPS) is 34.1. The van der Waals surface area contributed by atoms with Gasteiger partial charge in [-0.2, -0.15) is 0 Å². The van der Waals surface area contributed by atoms with Crippen molar-refractivity contribution in [2.24, 2.45) is 11.7 Å². The number of rotatable bonds is 4. The molecule has 2 N–H and O–H groups in total. The Morgan fingerprint density at radius 2 is 1.95 bits per heavy atom. The van der Waals surface area contributed by atoms with Crippen LogP contribution in [-0.4, -0.2) is 42.8 Å². The minimum Gasteiger partial charge on any atom is -0.378 e. The number of ether oxygens (including phenoxy) is 1. The Labute approximate surface area is 118 Å². The molecule has 1 aliphatic carbocycles. The predicted molar refractivity (Wildman–Crippen MR) is 80.2 cm³/mol. The predicted octanol–water partition coefficient (Wildman–Crippen LogP) is 2.78. The van der Waals surface area contributed by atoms with Crippen LogP contribution in [0.1, 0.15) is 58.8 Å². The summed E-state index contributed by atoms with van der Waals surface area (Å²) in [6.07, 6.45) is 9.48. The Bertz CT molecular complexity index is 276. The molecule has 1 heterocycles. The van der Waals surface area contributed by atoms with E-state index in [1.54, 1.807) is 0 Å². The molecule has 0 radical (unpaired) electrons. The second kappa shape index (κ2) is 6.55. The molecule has 1 saturated heterocycles. The van der Waals surface area contributed by atoms with Crippen molar-refractivity contribution in [3.63, 3.8) is 0 Å². The van der Waals surface area contributed by atoms with Gasteiger partial charge in [0.25, 0.3) is 0 Å². The molecule has 1 aliphatic heterocycles. The molecule has 2 atom stereocenters. The first-order valence-corrected chi connectivity index (χ1v) is 8.14. The maximum atomic E-state index is 6.21. The van der Waals surface area contributed by atoms with E-state index >= 15 is 0 Å². The highest BCUT2D eigenvalue weighted by atomic mass is 16.5. The third-order valence-electron chi connectivity index (χ3n) is 5.47. The molecule has 19 heavy (non-hydrogen) atoms. The van der Waals surface area contributed by atoms with Crippen LogP contribution >= 0.6 is 0 Å². The van der Waals surface area contributed by atoms with E-state index in [2.05, 4.69) is 25.8 Å². The zero-order valence-corrected chi connectivity index (χ0v) is 13.0. The third kappa shape index (κ3) is 3.32. The number of nitrogens with two attached hydrogens (primary N) is 1. The average molecular weight is 268 g/mol. The van der Waals surface area contributed by atoms with Gasteiger partial charge in [-0.05, 0) is 38.6 Å². The second-order valence-corrected chi connectivity index (χ2v) is 6.94. The SMILES string of the molecule is CC(C)C1CC(CN)(N(C)C2CCCCC2)CCO1. The minimum absolute atomic E-state index is 0.176. The highest BCUT2D eigenvalue weighted by Crippen LogP contribution is 2.36. The van der Waals surface area contributed by atoms with E-state index in [1.807, 2.05) is 0 Å². The summed E-state index contributed by atoms with van der Waals surface area (Å²) in [6.45, 7) is 6.17. The van der Waals surface area contributed by atoms with Crippen LogP contribution < -0.4 is 5.73 Å². The van der Waals surface area contributed by atoms with Crippen LogP contribution in [0, 0.1) is 5.92 Å². The van der Waals surface area contributed by atoms with Crippen molar-refractivity contribution < 1.29 is 4.74 Å². The Kier molecular flexibility index (Phi) is 5.27. The third-order valence-corrected chi connectivity index (χ3v) is 5.47.